The molecular weight excluding hydrogens is 545 g/mol. The molecule has 1 unspecified atom stereocenters. The lowest BCUT2D eigenvalue weighted by Crippen LogP contribution is -2.44. The average molecular weight is 564 g/mol. The number of nitrogens with zero attached hydrogens (tertiary/aromatic N) is 4. The quantitative estimate of drug-likeness (QED) is 0.351. The maximum atomic E-state index is 13.4. The normalized spacial score (nSPS) is 15.5. The van der Waals surface area contributed by atoms with Crippen LogP contribution in [-0.4, -0.2) is 36.9 Å². The van der Waals surface area contributed by atoms with Crippen molar-refractivity contribution in [3.63, 3.8) is 0 Å². The summed E-state index contributed by atoms with van der Waals surface area (Å²) >= 11 is 5.95. The molecule has 39 heavy (non-hydrogen) atoms. The fourth-order valence-corrected chi connectivity index (χ4v) is 4.81. The van der Waals surface area contributed by atoms with Crippen molar-refractivity contribution in [3.05, 3.63) is 95.6 Å². The number of benzene rings is 2. The number of aromatic carboxylic acids is 1. The summed E-state index contributed by atoms with van der Waals surface area (Å²) in [5.74, 6) is -1.89. The van der Waals surface area contributed by atoms with E-state index in [2.05, 4.69) is 0 Å². The maximum Gasteiger partial charge on any atom is 0.417 e. The van der Waals surface area contributed by atoms with E-state index in [1.54, 1.807) is 13.1 Å². The topological polar surface area (TPSA) is 120 Å². The Morgan fingerprint density at radius 3 is 2.44 bits per heavy atom. The van der Waals surface area contributed by atoms with Gasteiger partial charge in [0, 0.05) is 19.9 Å². The lowest BCUT2D eigenvalue weighted by molar-refractivity contribution is -0.255. The van der Waals surface area contributed by atoms with Gasteiger partial charge in [0.1, 0.15) is 0 Å². The summed E-state index contributed by atoms with van der Waals surface area (Å²) in [5.41, 5.74) is -3.87. The van der Waals surface area contributed by atoms with E-state index in [9.17, 15) is 37.5 Å². The van der Waals surface area contributed by atoms with Gasteiger partial charge in [0.25, 0.3) is 5.56 Å². The predicted octanol–water partition coefficient (Wildman–Crippen LogP) is 1.53. The number of ether oxygens (including phenoxy) is 1. The minimum absolute atomic E-state index is 0.104. The number of carbonyl (C=O) groups is 1. The Morgan fingerprint density at radius 1 is 1.10 bits per heavy atom. The number of imidazole rings is 1. The summed E-state index contributed by atoms with van der Waals surface area (Å²) in [6.07, 6.45) is -3.41. The van der Waals surface area contributed by atoms with Crippen molar-refractivity contribution in [2.75, 3.05) is 6.61 Å². The zero-order chi connectivity index (χ0) is 28.2. The van der Waals surface area contributed by atoms with Gasteiger partial charge in [-0.25, -0.2) is 9.59 Å². The lowest BCUT2D eigenvalue weighted by atomic mass is 10.1. The highest BCUT2D eigenvalue weighted by Crippen LogP contribution is 2.36. The number of aromatic nitrogens is 4. The molecule has 1 aliphatic heterocycles. The first-order valence-corrected chi connectivity index (χ1v) is 12.0. The Balaban J connectivity index is 1.68. The molecule has 4 aromatic rings. The molecule has 2 aromatic heterocycles. The van der Waals surface area contributed by atoms with Gasteiger partial charge >= 0.3 is 17.6 Å². The van der Waals surface area contributed by atoms with E-state index in [1.165, 1.54) is 27.3 Å². The van der Waals surface area contributed by atoms with Crippen molar-refractivity contribution >= 4 is 28.6 Å². The fourth-order valence-electron chi connectivity index (χ4n) is 4.51. The third kappa shape index (κ3) is 4.57. The number of halogens is 4. The van der Waals surface area contributed by atoms with Gasteiger partial charge in [-0.15, -0.1) is 0 Å². The van der Waals surface area contributed by atoms with E-state index < -0.39 is 46.1 Å². The number of carboxylic acid groups (broad SMARTS) is 1. The number of hydrogen-bond acceptors (Lipinski definition) is 6. The first-order chi connectivity index (χ1) is 18.4. The molecule has 10 nitrogen and oxygen atoms in total. The van der Waals surface area contributed by atoms with Crippen molar-refractivity contribution in [2.45, 2.75) is 31.8 Å². The largest absolute Gasteiger partial charge is 0.545 e. The predicted molar refractivity (Wildman–Crippen MR) is 131 cm³/mol. The summed E-state index contributed by atoms with van der Waals surface area (Å²) in [5, 5.41) is 11.0. The van der Waals surface area contributed by atoms with E-state index in [0.29, 0.717) is 22.2 Å². The van der Waals surface area contributed by atoms with Crippen LogP contribution in [0.25, 0.3) is 16.7 Å². The lowest BCUT2D eigenvalue weighted by Gasteiger charge is -2.26. The molecule has 204 valence electrons. The van der Waals surface area contributed by atoms with Crippen LogP contribution in [0, 0.1) is 0 Å². The zero-order valence-electron chi connectivity index (χ0n) is 20.2. The molecule has 5 rings (SSSR count). The minimum atomic E-state index is -4.80. The molecule has 2 aromatic carbocycles. The standard InChI is InChI=1S/C25H20ClF3N4O6/c1-30-18-6-5-14(9-19(18)32(23(30)37)11-15-7-8-39-15)31-12-16(22(35)36)21(34)33(24(31)38)10-13-3-2-4-17(20(13)26)25(27,28)29/h2-6,9,12,15H,7-8,10-11H2,1H3,(H,35,36)/p-1. The van der Waals surface area contributed by atoms with Crippen LogP contribution in [0.1, 0.15) is 27.9 Å². The van der Waals surface area contributed by atoms with Gasteiger partial charge < -0.3 is 14.6 Å². The van der Waals surface area contributed by atoms with Gasteiger partial charge in [0.05, 0.1) is 58.0 Å². The highest BCUT2D eigenvalue weighted by Gasteiger charge is 2.34. The Hall–Kier alpha value is -4.10. The second-order valence-corrected chi connectivity index (χ2v) is 9.44. The van der Waals surface area contributed by atoms with Gasteiger partial charge in [-0.3, -0.25) is 23.1 Å². The minimum Gasteiger partial charge on any atom is -0.545 e. The summed E-state index contributed by atoms with van der Waals surface area (Å²) in [7, 11) is 1.57. The van der Waals surface area contributed by atoms with Crippen molar-refractivity contribution in [1.82, 2.24) is 18.3 Å². The van der Waals surface area contributed by atoms with Gasteiger partial charge in [0.2, 0.25) is 0 Å². The Labute approximate surface area is 221 Å². The summed E-state index contributed by atoms with van der Waals surface area (Å²) < 4.78 is 49.6. The maximum absolute atomic E-state index is 13.4. The molecule has 0 N–H and O–H groups in total. The van der Waals surface area contributed by atoms with E-state index in [-0.39, 0.29) is 29.6 Å². The smallest absolute Gasteiger partial charge is 0.417 e. The molecule has 1 aliphatic rings. The van der Waals surface area contributed by atoms with Crippen molar-refractivity contribution in [3.8, 4) is 5.69 Å². The van der Waals surface area contributed by atoms with Gasteiger partial charge in [-0.2, -0.15) is 13.2 Å². The van der Waals surface area contributed by atoms with E-state index in [4.69, 9.17) is 16.3 Å². The summed E-state index contributed by atoms with van der Waals surface area (Å²) in [6.45, 7) is 0.0967. The number of carboxylic acids is 1. The molecule has 0 saturated carbocycles. The van der Waals surface area contributed by atoms with Gasteiger partial charge in [-0.1, -0.05) is 23.7 Å². The monoisotopic (exact) mass is 563 g/mol. The third-order valence-corrected chi connectivity index (χ3v) is 7.14. The first kappa shape index (κ1) is 26.5. The van der Waals surface area contributed by atoms with Crippen LogP contribution in [0.2, 0.25) is 5.02 Å². The van der Waals surface area contributed by atoms with Crippen LogP contribution in [0.15, 0.2) is 57.0 Å². The Morgan fingerprint density at radius 2 is 1.82 bits per heavy atom. The Kier molecular flexibility index (Phi) is 6.51. The van der Waals surface area contributed by atoms with E-state index in [0.717, 1.165) is 29.3 Å². The van der Waals surface area contributed by atoms with E-state index in [1.807, 2.05) is 0 Å². The molecule has 1 fully saturated rings. The number of alkyl halides is 3. The zero-order valence-corrected chi connectivity index (χ0v) is 21.0. The van der Waals surface area contributed by atoms with Crippen molar-refractivity contribution in [2.24, 2.45) is 7.05 Å². The SMILES string of the molecule is Cn1c(=O)n(CC2CCO2)c2cc(-n3cc(C(=O)[O-])c(=O)n(Cc4cccc(C(F)(F)F)c4Cl)c3=O)ccc21. The third-order valence-electron chi connectivity index (χ3n) is 6.69. The first-order valence-electron chi connectivity index (χ1n) is 11.6. The molecule has 1 atom stereocenters. The van der Waals surface area contributed by atoms with Crippen molar-refractivity contribution in [1.29, 1.82) is 0 Å². The highest BCUT2D eigenvalue weighted by molar-refractivity contribution is 6.32. The second kappa shape index (κ2) is 9.58. The second-order valence-electron chi connectivity index (χ2n) is 9.06. The van der Waals surface area contributed by atoms with Gasteiger partial charge in [0.15, 0.2) is 0 Å². The number of aryl methyl sites for hydroxylation is 1. The van der Waals surface area contributed by atoms with Gasteiger partial charge in [-0.05, 0) is 36.2 Å². The van der Waals surface area contributed by atoms with Crippen molar-refractivity contribution < 1.29 is 27.8 Å². The molecule has 0 radical (unpaired) electrons. The number of carbonyl (C=O) groups excluding carboxylic acids is 1. The summed E-state index contributed by atoms with van der Waals surface area (Å²) in [4.78, 5) is 50.9. The van der Waals surface area contributed by atoms with Crippen LogP contribution in [0.3, 0.4) is 0 Å². The van der Waals surface area contributed by atoms with Crippen LogP contribution >= 0.6 is 11.6 Å². The molecule has 0 aliphatic carbocycles. The number of rotatable bonds is 6. The number of hydrogen-bond donors (Lipinski definition) is 0. The van der Waals surface area contributed by atoms with Crippen LogP contribution in [0.5, 0.6) is 0 Å². The summed E-state index contributed by atoms with van der Waals surface area (Å²) in [6, 6.07) is 7.46. The van der Waals surface area contributed by atoms with Crippen LogP contribution in [0.4, 0.5) is 13.2 Å². The molecule has 0 amide bonds. The average Bonchev–Trinajstić information content (AvgIpc) is 3.08. The van der Waals surface area contributed by atoms with Crippen LogP contribution < -0.4 is 22.0 Å². The molecule has 0 bridgehead atoms. The molecule has 14 heteroatoms. The Bertz CT molecular complexity index is 1810. The fraction of sp³-hybridized carbons (Fsp3) is 0.280. The number of fused-ring (bicyclic) bond motifs is 1. The molecule has 0 spiro atoms. The van der Waals surface area contributed by atoms with Crippen LogP contribution in [-0.2, 0) is 31.1 Å². The molecule has 1 saturated heterocycles. The highest BCUT2D eigenvalue weighted by atomic mass is 35.5. The van der Waals surface area contributed by atoms with E-state index >= 15 is 0 Å². The molecule has 3 heterocycles. The molecular formula is C25H19ClF3N4O6-.